The monoisotopic (exact) mass is 446 g/mol. The summed E-state index contributed by atoms with van der Waals surface area (Å²) in [6.45, 7) is 0. The quantitative estimate of drug-likeness (QED) is 0.708. The second kappa shape index (κ2) is 7.27. The van der Waals surface area contributed by atoms with Crippen molar-refractivity contribution in [1.29, 1.82) is 0 Å². The molecule has 2 N–H and O–H groups in total. The molecule has 7 nitrogen and oxygen atoms in total. The lowest BCUT2D eigenvalue weighted by atomic mass is 9.49. The number of nitrogens with one attached hydrogen (secondary N) is 2. The fourth-order valence-electron chi connectivity index (χ4n) is 5.72. The zero-order valence-corrected chi connectivity index (χ0v) is 18.6. The number of aromatic amines is 1. The molecule has 0 saturated heterocycles. The van der Waals surface area contributed by atoms with Crippen molar-refractivity contribution in [2.45, 2.75) is 43.7 Å². The number of hydrogen-bond acceptors (Lipinski definition) is 5. The summed E-state index contributed by atoms with van der Waals surface area (Å²) in [5, 5.41) is 11.9. The van der Waals surface area contributed by atoms with Crippen LogP contribution < -0.4 is 10.9 Å². The van der Waals surface area contributed by atoms with Gasteiger partial charge < -0.3 is 0 Å². The van der Waals surface area contributed by atoms with E-state index in [9.17, 15) is 9.59 Å². The van der Waals surface area contributed by atoms with E-state index in [0.717, 1.165) is 47.4 Å². The minimum atomic E-state index is -0.136. The molecule has 0 bridgehead atoms. The maximum atomic E-state index is 12.8. The van der Waals surface area contributed by atoms with E-state index in [2.05, 4.69) is 26.6 Å². The molecule has 162 valence electrons. The van der Waals surface area contributed by atoms with Gasteiger partial charge in [0, 0.05) is 16.2 Å². The first-order valence-electron chi connectivity index (χ1n) is 11.0. The Bertz CT molecular complexity index is 1310. The number of aliphatic imine (C=N–C) groups is 1. The molecule has 6 rings (SSSR count). The molecule has 2 amide bonds. The number of urea groups is 1. The van der Waals surface area contributed by atoms with Gasteiger partial charge in [-0.25, -0.2) is 9.89 Å². The second-order valence-corrected chi connectivity index (χ2v) is 10.2. The largest absolute Gasteiger partial charge is 0.437 e. The number of fused-ring (bicyclic) bond motifs is 2. The summed E-state index contributed by atoms with van der Waals surface area (Å²) < 4.78 is 1.68. The number of thioether (sulfide) groups is 1. The molecule has 1 unspecified atom stereocenters. The summed E-state index contributed by atoms with van der Waals surface area (Å²) in [5.41, 5.74) is 2.07. The first kappa shape index (κ1) is 19.7. The molecule has 1 atom stereocenters. The van der Waals surface area contributed by atoms with Crippen LogP contribution >= 0.6 is 11.8 Å². The van der Waals surface area contributed by atoms with Crippen molar-refractivity contribution in [2.24, 2.45) is 10.4 Å². The molecule has 4 aliphatic rings. The number of hydrogen-bond donors (Lipinski definition) is 2. The molecule has 1 aromatic carbocycles. The third kappa shape index (κ3) is 3.08. The average Bonchev–Trinajstić information content (AvgIpc) is 3.18. The lowest BCUT2D eigenvalue weighted by molar-refractivity contribution is -0.432. The highest BCUT2D eigenvalue weighted by Gasteiger charge is 2.55. The number of allylic oxidation sites excluding steroid dienone is 1. The Hall–Kier alpha value is -3.00. The minimum Gasteiger partial charge on any atom is -0.268 e. The van der Waals surface area contributed by atoms with E-state index in [4.69, 9.17) is 0 Å². The van der Waals surface area contributed by atoms with Gasteiger partial charge in [-0.2, -0.15) is 9.67 Å². The van der Waals surface area contributed by atoms with Crippen LogP contribution in [0, 0.1) is 5.41 Å². The minimum absolute atomic E-state index is 0.0802. The third-order valence-corrected chi connectivity index (χ3v) is 8.02. The lowest BCUT2D eigenvalue weighted by Gasteiger charge is -2.56. The van der Waals surface area contributed by atoms with Crippen LogP contribution in [0.2, 0.25) is 0 Å². The van der Waals surface area contributed by atoms with Gasteiger partial charge >= 0.3 is 6.03 Å². The van der Waals surface area contributed by atoms with Crippen molar-refractivity contribution in [3.63, 3.8) is 0 Å². The predicted octanol–water partition coefficient (Wildman–Crippen LogP) is 3.34. The standard InChI is InChI=1S/C24H23N5O2S/c1-32-16-6-7-20-19(8-16)25-13-29(20)23(31)26-15-11-24(12-15)9-14(10-24)21-17-4-2-3-5-18(17)22(30)28-27-21/h2-8,13-15,20H,9-12H2,1H3,(H-,26,28,30,31)/p+1. The van der Waals surface area contributed by atoms with E-state index in [-0.39, 0.29) is 23.7 Å². The normalized spacial score (nSPS) is 30.2. The molecular weight excluding hydrogens is 422 g/mol. The maximum absolute atomic E-state index is 12.8. The van der Waals surface area contributed by atoms with Gasteiger partial charge in [0.25, 0.3) is 5.56 Å². The summed E-state index contributed by atoms with van der Waals surface area (Å²) in [7, 11) is 0. The van der Waals surface area contributed by atoms with Gasteiger partial charge in [-0.15, -0.1) is 16.8 Å². The molecule has 8 heteroatoms. The zero-order valence-electron chi connectivity index (χ0n) is 17.7. The number of benzene rings is 1. The summed E-state index contributed by atoms with van der Waals surface area (Å²) in [6, 6.07) is 7.70. The smallest absolute Gasteiger partial charge is 0.268 e. The Morgan fingerprint density at radius 2 is 2.00 bits per heavy atom. The van der Waals surface area contributed by atoms with Crippen molar-refractivity contribution in [3.05, 3.63) is 63.4 Å². The van der Waals surface area contributed by atoms with Crippen molar-refractivity contribution < 1.29 is 9.37 Å². The van der Waals surface area contributed by atoms with Crippen LogP contribution in [0.3, 0.4) is 0 Å². The Kier molecular flexibility index (Phi) is 4.47. The van der Waals surface area contributed by atoms with Gasteiger partial charge in [0.1, 0.15) is 0 Å². The summed E-state index contributed by atoms with van der Waals surface area (Å²) >= 11 is 1.67. The molecule has 2 saturated carbocycles. The first-order valence-corrected chi connectivity index (χ1v) is 12.2. The molecule has 1 aliphatic heterocycles. The average molecular weight is 447 g/mol. The SMILES string of the molecule is CSC1=CC2=NC=[N+](C(=O)NC3CC4(C3)CC(c3n[nH]c(=O)c5ccccc35)C4)C2C=C1. The Morgan fingerprint density at radius 3 is 2.78 bits per heavy atom. The molecule has 0 radical (unpaired) electrons. The Morgan fingerprint density at radius 1 is 1.22 bits per heavy atom. The van der Waals surface area contributed by atoms with Gasteiger partial charge in [-0.3, -0.25) is 10.1 Å². The Balaban J connectivity index is 1.06. The first-order chi connectivity index (χ1) is 15.5. The van der Waals surface area contributed by atoms with Crippen molar-refractivity contribution in [3.8, 4) is 0 Å². The van der Waals surface area contributed by atoms with Crippen LogP contribution in [0.1, 0.15) is 37.3 Å². The van der Waals surface area contributed by atoms with E-state index >= 15 is 0 Å². The van der Waals surface area contributed by atoms with Gasteiger partial charge in [-0.05, 0) is 61.6 Å². The van der Waals surface area contributed by atoms with Gasteiger partial charge in [0.05, 0.1) is 17.1 Å². The van der Waals surface area contributed by atoms with Crippen LogP contribution in [-0.2, 0) is 0 Å². The van der Waals surface area contributed by atoms with Crippen molar-refractivity contribution in [2.75, 3.05) is 6.26 Å². The van der Waals surface area contributed by atoms with Crippen LogP contribution in [0.4, 0.5) is 4.79 Å². The van der Waals surface area contributed by atoms with Crippen LogP contribution in [0.15, 0.2) is 57.2 Å². The van der Waals surface area contributed by atoms with E-state index in [1.165, 1.54) is 0 Å². The van der Waals surface area contributed by atoms with Crippen molar-refractivity contribution in [1.82, 2.24) is 15.5 Å². The number of H-pyrrole nitrogens is 1. The fraction of sp³-hybridized carbons (Fsp3) is 0.375. The predicted molar refractivity (Wildman–Crippen MR) is 127 cm³/mol. The van der Waals surface area contributed by atoms with E-state index in [1.54, 1.807) is 22.7 Å². The number of carbonyl (C=O) groups is 1. The Labute approximate surface area is 189 Å². The maximum Gasteiger partial charge on any atom is 0.437 e. The van der Waals surface area contributed by atoms with Crippen LogP contribution in [-0.4, -0.2) is 51.2 Å². The number of carbonyl (C=O) groups excluding carboxylic acids is 1. The van der Waals surface area contributed by atoms with Gasteiger partial charge in [-0.1, -0.05) is 18.2 Å². The number of amides is 2. The number of rotatable bonds is 3. The number of nitrogens with zero attached hydrogens (tertiary/aromatic N) is 3. The molecule has 2 aromatic rings. The van der Waals surface area contributed by atoms with E-state index in [1.807, 2.05) is 42.7 Å². The molecule has 1 aromatic heterocycles. The van der Waals surface area contributed by atoms with Crippen LogP contribution in [0.25, 0.3) is 10.8 Å². The van der Waals surface area contributed by atoms with Gasteiger partial charge in [0.15, 0.2) is 11.8 Å². The zero-order chi connectivity index (χ0) is 21.9. The summed E-state index contributed by atoms with van der Waals surface area (Å²) in [5.74, 6) is 0.362. The molecule has 2 fully saturated rings. The summed E-state index contributed by atoms with van der Waals surface area (Å²) in [4.78, 5) is 30.5. The summed E-state index contributed by atoms with van der Waals surface area (Å²) in [6.07, 6.45) is 13.9. The highest BCUT2D eigenvalue weighted by atomic mass is 32.2. The molecule has 3 aliphatic carbocycles. The third-order valence-electron chi connectivity index (χ3n) is 7.29. The second-order valence-electron chi connectivity index (χ2n) is 9.27. The molecule has 1 spiro atoms. The lowest BCUT2D eigenvalue weighted by Crippen LogP contribution is -2.57. The van der Waals surface area contributed by atoms with Crippen LogP contribution in [0.5, 0.6) is 0 Å². The fourth-order valence-corrected chi connectivity index (χ4v) is 6.17. The molecule has 2 heterocycles. The van der Waals surface area contributed by atoms with E-state index < -0.39 is 0 Å². The topological polar surface area (TPSA) is 90.2 Å². The molecule has 32 heavy (non-hydrogen) atoms. The number of aromatic nitrogens is 2. The highest BCUT2D eigenvalue weighted by Crippen LogP contribution is 2.62. The highest BCUT2D eigenvalue weighted by molar-refractivity contribution is 8.02. The molecular formula is C24H24N5O2S+. The van der Waals surface area contributed by atoms with E-state index in [0.29, 0.717) is 16.7 Å². The van der Waals surface area contributed by atoms with Crippen molar-refractivity contribution >= 4 is 40.6 Å². The van der Waals surface area contributed by atoms with Gasteiger partial charge in [0.2, 0.25) is 6.34 Å².